The molecule has 0 unspecified atom stereocenters. The molecule has 0 saturated heterocycles. The standard InChI is InChI=1S/C17H13Cl2NO4/c1-10-2-7-13(18)16(15(10)19)20-14(22)9-24-17(23)12-5-3-11(8-21)4-6-12/h2-8H,9H2,1H3,(H,20,22). The van der Waals surface area contributed by atoms with E-state index in [0.29, 0.717) is 16.9 Å². The van der Waals surface area contributed by atoms with Crippen LogP contribution in [0.4, 0.5) is 5.69 Å². The van der Waals surface area contributed by atoms with Gasteiger partial charge in [0, 0.05) is 5.56 Å². The van der Waals surface area contributed by atoms with Crippen LogP contribution in [0.2, 0.25) is 10.0 Å². The summed E-state index contributed by atoms with van der Waals surface area (Å²) in [5.74, 6) is -1.24. The smallest absolute Gasteiger partial charge is 0.338 e. The summed E-state index contributed by atoms with van der Waals surface area (Å²) in [6.45, 7) is 1.28. The van der Waals surface area contributed by atoms with Crippen molar-refractivity contribution in [3.8, 4) is 0 Å². The monoisotopic (exact) mass is 365 g/mol. The molecule has 0 fully saturated rings. The Hall–Kier alpha value is -2.37. The number of hydrogen-bond donors (Lipinski definition) is 1. The molecule has 0 bridgehead atoms. The van der Waals surface area contributed by atoms with E-state index in [1.54, 1.807) is 19.1 Å². The SMILES string of the molecule is Cc1ccc(Cl)c(NC(=O)COC(=O)c2ccc(C=O)cc2)c1Cl. The molecule has 0 saturated carbocycles. The lowest BCUT2D eigenvalue weighted by Crippen LogP contribution is -2.21. The Morgan fingerprint density at radius 2 is 1.79 bits per heavy atom. The van der Waals surface area contributed by atoms with Crippen LogP contribution in [0, 0.1) is 6.92 Å². The van der Waals surface area contributed by atoms with Crippen LogP contribution in [0.1, 0.15) is 26.3 Å². The van der Waals surface area contributed by atoms with Gasteiger partial charge in [0.05, 0.1) is 21.3 Å². The van der Waals surface area contributed by atoms with Crippen LogP contribution < -0.4 is 5.32 Å². The lowest BCUT2D eigenvalue weighted by molar-refractivity contribution is -0.119. The molecule has 0 spiro atoms. The third-order valence-corrected chi connectivity index (χ3v) is 3.97. The van der Waals surface area contributed by atoms with Crippen LogP contribution >= 0.6 is 23.2 Å². The van der Waals surface area contributed by atoms with E-state index in [9.17, 15) is 14.4 Å². The summed E-state index contributed by atoms with van der Waals surface area (Å²) in [7, 11) is 0. The number of esters is 1. The number of anilines is 1. The summed E-state index contributed by atoms with van der Waals surface area (Å²) in [6.07, 6.45) is 0.665. The van der Waals surface area contributed by atoms with Crippen molar-refractivity contribution in [2.24, 2.45) is 0 Å². The molecule has 7 heteroatoms. The number of benzene rings is 2. The molecule has 0 aromatic heterocycles. The minimum absolute atomic E-state index is 0.236. The molecule has 5 nitrogen and oxygen atoms in total. The molecular formula is C17H13Cl2NO4. The van der Waals surface area contributed by atoms with E-state index in [0.717, 1.165) is 5.56 Å². The third-order valence-electron chi connectivity index (χ3n) is 3.17. The lowest BCUT2D eigenvalue weighted by Gasteiger charge is -2.11. The minimum Gasteiger partial charge on any atom is -0.452 e. The molecule has 2 aromatic carbocycles. The maximum atomic E-state index is 11.9. The Morgan fingerprint density at radius 3 is 2.42 bits per heavy atom. The van der Waals surface area contributed by atoms with Crippen molar-refractivity contribution in [3.63, 3.8) is 0 Å². The van der Waals surface area contributed by atoms with Crippen LogP contribution in [-0.2, 0) is 9.53 Å². The fourth-order valence-corrected chi connectivity index (χ4v) is 2.32. The van der Waals surface area contributed by atoms with Crippen LogP contribution in [0.3, 0.4) is 0 Å². The van der Waals surface area contributed by atoms with Crippen molar-refractivity contribution < 1.29 is 19.1 Å². The number of hydrogen-bond acceptors (Lipinski definition) is 4. The van der Waals surface area contributed by atoms with Gasteiger partial charge in [0.1, 0.15) is 6.29 Å². The molecule has 24 heavy (non-hydrogen) atoms. The maximum Gasteiger partial charge on any atom is 0.338 e. The van der Waals surface area contributed by atoms with Gasteiger partial charge < -0.3 is 10.1 Å². The van der Waals surface area contributed by atoms with Gasteiger partial charge in [0.2, 0.25) is 0 Å². The van der Waals surface area contributed by atoms with Gasteiger partial charge in [-0.1, -0.05) is 41.4 Å². The molecule has 1 N–H and O–H groups in total. The number of carbonyl (C=O) groups is 3. The zero-order valence-electron chi connectivity index (χ0n) is 12.6. The summed E-state index contributed by atoms with van der Waals surface area (Å²) in [4.78, 5) is 34.3. The van der Waals surface area contributed by atoms with Crippen LogP contribution in [0.15, 0.2) is 36.4 Å². The van der Waals surface area contributed by atoms with E-state index < -0.39 is 18.5 Å². The Balaban J connectivity index is 1.97. The molecular weight excluding hydrogens is 353 g/mol. The van der Waals surface area contributed by atoms with E-state index in [1.165, 1.54) is 24.3 Å². The molecule has 0 radical (unpaired) electrons. The first-order valence-corrected chi connectivity index (χ1v) is 7.64. The summed E-state index contributed by atoms with van der Waals surface area (Å²) < 4.78 is 4.92. The number of rotatable bonds is 5. The molecule has 0 atom stereocenters. The van der Waals surface area contributed by atoms with E-state index in [4.69, 9.17) is 27.9 Å². The van der Waals surface area contributed by atoms with E-state index in [2.05, 4.69) is 5.32 Å². The topological polar surface area (TPSA) is 72.5 Å². The molecule has 0 aliphatic rings. The average Bonchev–Trinajstić information content (AvgIpc) is 2.60. The lowest BCUT2D eigenvalue weighted by atomic mass is 10.1. The van der Waals surface area contributed by atoms with Crippen molar-refractivity contribution in [3.05, 3.63) is 63.1 Å². The van der Waals surface area contributed by atoms with Crippen LogP contribution in [-0.4, -0.2) is 24.8 Å². The van der Waals surface area contributed by atoms with E-state index in [1.807, 2.05) is 0 Å². The van der Waals surface area contributed by atoms with Crippen molar-refractivity contribution >= 4 is 47.1 Å². The second-order valence-corrected chi connectivity index (χ2v) is 5.70. The van der Waals surface area contributed by atoms with Crippen molar-refractivity contribution in [2.45, 2.75) is 6.92 Å². The zero-order valence-corrected chi connectivity index (χ0v) is 14.1. The van der Waals surface area contributed by atoms with Gasteiger partial charge in [-0.15, -0.1) is 0 Å². The summed E-state index contributed by atoms with van der Waals surface area (Å²) in [5.41, 5.74) is 1.70. The fraction of sp³-hybridized carbons (Fsp3) is 0.118. The number of amides is 1. The van der Waals surface area contributed by atoms with Crippen molar-refractivity contribution in [1.82, 2.24) is 0 Å². The van der Waals surface area contributed by atoms with Gasteiger partial charge in [-0.2, -0.15) is 0 Å². The predicted octanol–water partition coefficient (Wildman–Crippen LogP) is 3.91. The number of carbonyl (C=O) groups excluding carboxylic acids is 3. The Morgan fingerprint density at radius 1 is 1.12 bits per heavy atom. The van der Waals surface area contributed by atoms with Crippen LogP contribution in [0.5, 0.6) is 0 Å². The van der Waals surface area contributed by atoms with Gasteiger partial charge in [-0.05, 0) is 30.7 Å². The van der Waals surface area contributed by atoms with Gasteiger partial charge in [-0.25, -0.2) is 4.79 Å². The summed E-state index contributed by atoms with van der Waals surface area (Å²) in [6, 6.07) is 9.19. The molecule has 0 aliphatic heterocycles. The normalized spacial score (nSPS) is 10.1. The van der Waals surface area contributed by atoms with Gasteiger partial charge >= 0.3 is 5.97 Å². The fourth-order valence-electron chi connectivity index (χ4n) is 1.86. The van der Waals surface area contributed by atoms with Gasteiger partial charge in [0.15, 0.2) is 6.61 Å². The molecule has 2 aromatic rings. The second-order valence-electron chi connectivity index (χ2n) is 4.92. The average molecular weight is 366 g/mol. The Bertz CT molecular complexity index is 788. The highest BCUT2D eigenvalue weighted by Crippen LogP contribution is 2.32. The molecule has 0 heterocycles. The first-order chi connectivity index (χ1) is 11.4. The zero-order chi connectivity index (χ0) is 17.7. The van der Waals surface area contributed by atoms with Gasteiger partial charge in [0.25, 0.3) is 5.91 Å². The molecule has 124 valence electrons. The Kier molecular flexibility index (Phi) is 5.95. The number of halogens is 2. The molecule has 2 rings (SSSR count). The summed E-state index contributed by atoms with van der Waals surface area (Å²) >= 11 is 12.1. The first kappa shape index (κ1) is 18.0. The highest BCUT2D eigenvalue weighted by molar-refractivity contribution is 6.40. The predicted molar refractivity (Wildman–Crippen MR) is 91.9 cm³/mol. The van der Waals surface area contributed by atoms with E-state index >= 15 is 0 Å². The minimum atomic E-state index is -0.677. The maximum absolute atomic E-state index is 11.9. The second kappa shape index (κ2) is 7.95. The van der Waals surface area contributed by atoms with E-state index in [-0.39, 0.29) is 16.3 Å². The van der Waals surface area contributed by atoms with Crippen molar-refractivity contribution in [1.29, 1.82) is 0 Å². The highest BCUT2D eigenvalue weighted by atomic mass is 35.5. The van der Waals surface area contributed by atoms with Gasteiger partial charge in [-0.3, -0.25) is 9.59 Å². The number of ether oxygens (including phenoxy) is 1. The largest absolute Gasteiger partial charge is 0.452 e. The number of aryl methyl sites for hydroxylation is 1. The number of aldehydes is 1. The molecule has 1 amide bonds. The first-order valence-electron chi connectivity index (χ1n) is 6.89. The molecule has 0 aliphatic carbocycles. The van der Waals surface area contributed by atoms with Crippen LogP contribution in [0.25, 0.3) is 0 Å². The van der Waals surface area contributed by atoms with Crippen molar-refractivity contribution in [2.75, 3.05) is 11.9 Å². The third kappa shape index (κ3) is 4.34. The number of nitrogens with one attached hydrogen (secondary N) is 1. The Labute approximate surface area is 148 Å². The quantitative estimate of drug-likeness (QED) is 0.643. The summed E-state index contributed by atoms with van der Waals surface area (Å²) in [5, 5.41) is 3.13. The highest BCUT2D eigenvalue weighted by Gasteiger charge is 2.14.